The Morgan fingerprint density at radius 1 is 1.24 bits per heavy atom. The van der Waals surface area contributed by atoms with Gasteiger partial charge in [-0.15, -0.1) is 0 Å². The van der Waals surface area contributed by atoms with Crippen LogP contribution in [-0.2, 0) is 16.1 Å². The highest BCUT2D eigenvalue weighted by Crippen LogP contribution is 2.26. The predicted molar refractivity (Wildman–Crippen MR) is 127 cm³/mol. The lowest BCUT2D eigenvalue weighted by molar-refractivity contribution is -0.114. The predicted octanol–water partition coefficient (Wildman–Crippen LogP) is 3.05. The van der Waals surface area contributed by atoms with Crippen LogP contribution >= 0.6 is 0 Å². The highest BCUT2D eigenvalue weighted by molar-refractivity contribution is 5.99. The SMILES string of the molecule is CO[C@H]1CN(C)C(=O)c2cc(NC(C)=O)ccc2OC[C@@H](C)N(Cc2ccccn2)C[C@H]1C. The van der Waals surface area contributed by atoms with Crippen LogP contribution in [-0.4, -0.2) is 72.6 Å². The average Bonchev–Trinajstić information content (AvgIpc) is 2.80. The number of benzene rings is 1. The number of nitrogens with one attached hydrogen (secondary N) is 1. The van der Waals surface area contributed by atoms with Crippen LogP contribution in [0.15, 0.2) is 42.6 Å². The molecule has 0 saturated heterocycles. The largest absolute Gasteiger partial charge is 0.491 e. The van der Waals surface area contributed by atoms with Gasteiger partial charge in [-0.25, -0.2) is 0 Å². The fourth-order valence-electron chi connectivity index (χ4n) is 4.05. The van der Waals surface area contributed by atoms with Crippen molar-refractivity contribution < 1.29 is 19.1 Å². The number of hydrogen-bond acceptors (Lipinski definition) is 6. The minimum absolute atomic E-state index is 0.0714. The molecule has 33 heavy (non-hydrogen) atoms. The molecule has 2 aromatic rings. The Labute approximate surface area is 195 Å². The molecular formula is C25H34N4O4. The lowest BCUT2D eigenvalue weighted by Gasteiger charge is -2.35. The van der Waals surface area contributed by atoms with Crippen molar-refractivity contribution in [3.8, 4) is 5.75 Å². The van der Waals surface area contributed by atoms with E-state index in [-0.39, 0.29) is 29.9 Å². The van der Waals surface area contributed by atoms with Crippen LogP contribution in [0.3, 0.4) is 0 Å². The first kappa shape index (κ1) is 24.7. The lowest BCUT2D eigenvalue weighted by atomic mass is 10.0. The van der Waals surface area contributed by atoms with Crippen molar-refractivity contribution in [1.82, 2.24) is 14.8 Å². The van der Waals surface area contributed by atoms with Crippen LogP contribution in [0, 0.1) is 5.92 Å². The zero-order chi connectivity index (χ0) is 24.0. The molecule has 2 amide bonds. The van der Waals surface area contributed by atoms with Gasteiger partial charge in [0.25, 0.3) is 5.91 Å². The fraction of sp³-hybridized carbons (Fsp3) is 0.480. The van der Waals surface area contributed by atoms with Gasteiger partial charge < -0.3 is 19.7 Å². The summed E-state index contributed by atoms with van der Waals surface area (Å²) in [5, 5.41) is 2.74. The molecule has 0 unspecified atom stereocenters. The summed E-state index contributed by atoms with van der Waals surface area (Å²) in [6.07, 6.45) is 1.66. The molecule has 8 nitrogen and oxygen atoms in total. The zero-order valence-corrected chi connectivity index (χ0v) is 20.1. The van der Waals surface area contributed by atoms with E-state index in [1.54, 1.807) is 43.5 Å². The summed E-state index contributed by atoms with van der Waals surface area (Å²) in [5.74, 6) is 0.288. The van der Waals surface area contributed by atoms with Gasteiger partial charge in [-0.2, -0.15) is 0 Å². The quantitative estimate of drug-likeness (QED) is 0.765. The highest BCUT2D eigenvalue weighted by Gasteiger charge is 2.28. The minimum atomic E-state index is -0.197. The summed E-state index contributed by atoms with van der Waals surface area (Å²) in [4.78, 5) is 33.3. The summed E-state index contributed by atoms with van der Waals surface area (Å²) in [7, 11) is 3.44. The van der Waals surface area contributed by atoms with E-state index in [1.807, 2.05) is 18.2 Å². The van der Waals surface area contributed by atoms with Crippen LogP contribution in [0.5, 0.6) is 5.75 Å². The summed E-state index contributed by atoms with van der Waals surface area (Å²) in [6.45, 7) is 7.99. The Balaban J connectivity index is 1.94. The van der Waals surface area contributed by atoms with E-state index in [9.17, 15) is 9.59 Å². The van der Waals surface area contributed by atoms with Crippen LogP contribution in [0.25, 0.3) is 0 Å². The number of hydrogen-bond donors (Lipinski definition) is 1. The van der Waals surface area contributed by atoms with Gasteiger partial charge in [0, 0.05) is 58.6 Å². The molecule has 1 aromatic carbocycles. The summed E-state index contributed by atoms with van der Waals surface area (Å²) >= 11 is 0. The molecule has 0 saturated carbocycles. The van der Waals surface area contributed by atoms with Gasteiger partial charge >= 0.3 is 0 Å². The number of carbonyl (C=O) groups is 2. The standard InChI is InChI=1S/C25H34N4O4/c1-17-13-29(14-21-8-6-7-11-26-21)18(2)16-33-23-10-9-20(27-19(3)30)12-22(23)25(31)28(4)15-24(17)32-5/h6-12,17-18,24H,13-16H2,1-5H3,(H,27,30)/t17-,18-,24+/m1/s1. The third-order valence-corrected chi connectivity index (χ3v) is 5.99. The maximum Gasteiger partial charge on any atom is 0.257 e. The van der Waals surface area contributed by atoms with Gasteiger partial charge in [0.05, 0.1) is 17.4 Å². The second kappa shape index (κ2) is 11.2. The average molecular weight is 455 g/mol. The van der Waals surface area contributed by atoms with Crippen LogP contribution in [0.1, 0.15) is 36.8 Å². The van der Waals surface area contributed by atoms with Gasteiger partial charge in [0.15, 0.2) is 0 Å². The van der Waals surface area contributed by atoms with Gasteiger partial charge in [0.1, 0.15) is 12.4 Å². The molecule has 0 aliphatic carbocycles. The van der Waals surface area contributed by atoms with E-state index in [2.05, 4.69) is 29.0 Å². The number of aromatic nitrogens is 1. The summed E-state index contributed by atoms with van der Waals surface area (Å²) in [6, 6.07) is 11.2. The number of rotatable bonds is 4. The number of methoxy groups -OCH3 is 1. The highest BCUT2D eigenvalue weighted by atomic mass is 16.5. The van der Waals surface area contributed by atoms with Gasteiger partial charge in [-0.05, 0) is 43.2 Å². The third-order valence-electron chi connectivity index (χ3n) is 5.99. The Bertz CT molecular complexity index is 953. The number of pyridine rings is 1. The van der Waals surface area contributed by atoms with E-state index in [4.69, 9.17) is 9.47 Å². The number of carbonyl (C=O) groups excluding carboxylic acids is 2. The van der Waals surface area contributed by atoms with Gasteiger partial charge in [0.2, 0.25) is 5.91 Å². The molecule has 0 spiro atoms. The monoisotopic (exact) mass is 454 g/mol. The van der Waals surface area contributed by atoms with Gasteiger partial charge in [-0.3, -0.25) is 19.5 Å². The molecule has 2 heterocycles. The summed E-state index contributed by atoms with van der Waals surface area (Å²) < 4.78 is 12.0. The van der Waals surface area contributed by atoms with E-state index in [0.29, 0.717) is 36.7 Å². The molecule has 1 aromatic heterocycles. The number of nitrogens with zero attached hydrogens (tertiary/aromatic N) is 3. The van der Waals surface area contributed by atoms with Crippen molar-refractivity contribution >= 4 is 17.5 Å². The van der Waals surface area contributed by atoms with E-state index in [0.717, 1.165) is 12.2 Å². The van der Waals surface area contributed by atoms with E-state index in [1.165, 1.54) is 6.92 Å². The minimum Gasteiger partial charge on any atom is -0.491 e. The zero-order valence-electron chi connectivity index (χ0n) is 20.1. The Kier molecular flexibility index (Phi) is 8.41. The second-order valence-corrected chi connectivity index (χ2v) is 8.74. The molecule has 3 atom stereocenters. The lowest BCUT2D eigenvalue weighted by Crippen LogP contribution is -2.46. The maximum absolute atomic E-state index is 13.3. The molecule has 0 radical (unpaired) electrons. The first-order valence-corrected chi connectivity index (χ1v) is 11.2. The van der Waals surface area contributed by atoms with Crippen molar-refractivity contribution in [1.29, 1.82) is 0 Å². The Morgan fingerprint density at radius 2 is 2.03 bits per heavy atom. The first-order valence-electron chi connectivity index (χ1n) is 11.2. The van der Waals surface area contributed by atoms with E-state index < -0.39 is 0 Å². The molecule has 1 aliphatic heterocycles. The number of amides is 2. The van der Waals surface area contributed by atoms with E-state index >= 15 is 0 Å². The molecule has 0 fully saturated rings. The van der Waals surface area contributed by atoms with Gasteiger partial charge in [-0.1, -0.05) is 13.0 Å². The normalized spacial score (nSPS) is 22.5. The topological polar surface area (TPSA) is 84.0 Å². The second-order valence-electron chi connectivity index (χ2n) is 8.74. The van der Waals surface area contributed by atoms with Crippen LogP contribution in [0.4, 0.5) is 5.69 Å². The maximum atomic E-state index is 13.3. The molecule has 8 heteroatoms. The van der Waals surface area contributed by atoms with Crippen molar-refractivity contribution in [3.63, 3.8) is 0 Å². The first-order chi connectivity index (χ1) is 15.8. The van der Waals surface area contributed by atoms with Crippen LogP contribution in [0.2, 0.25) is 0 Å². The van der Waals surface area contributed by atoms with Crippen LogP contribution < -0.4 is 10.1 Å². The van der Waals surface area contributed by atoms with Crippen molar-refractivity contribution in [2.45, 2.75) is 39.5 Å². The number of fused-ring (bicyclic) bond motifs is 1. The molecule has 1 aliphatic rings. The molecule has 3 rings (SSSR count). The smallest absolute Gasteiger partial charge is 0.257 e. The molecule has 178 valence electrons. The molecular weight excluding hydrogens is 420 g/mol. The Morgan fingerprint density at radius 3 is 2.70 bits per heavy atom. The fourth-order valence-corrected chi connectivity index (χ4v) is 4.05. The van der Waals surface area contributed by atoms with Crippen molar-refractivity contribution in [3.05, 3.63) is 53.9 Å². The van der Waals surface area contributed by atoms with Crippen molar-refractivity contribution in [2.24, 2.45) is 5.92 Å². The molecule has 1 N–H and O–H groups in total. The summed E-state index contributed by atoms with van der Waals surface area (Å²) in [5.41, 5.74) is 1.96. The Hall–Kier alpha value is -2.97. The number of likely N-dealkylation sites (N-methyl/N-ethyl adjacent to an activating group) is 1. The number of ether oxygens (including phenoxy) is 2. The van der Waals surface area contributed by atoms with Crippen molar-refractivity contribution in [2.75, 3.05) is 39.2 Å². The molecule has 0 bridgehead atoms. The third kappa shape index (κ3) is 6.52. The number of anilines is 1.